The van der Waals surface area contributed by atoms with E-state index in [-0.39, 0.29) is 30.6 Å². The van der Waals surface area contributed by atoms with Crippen molar-refractivity contribution in [3.8, 4) is 0 Å². The Morgan fingerprint density at radius 3 is 2.41 bits per heavy atom. The van der Waals surface area contributed by atoms with Gasteiger partial charge >= 0.3 is 0 Å². The second-order valence-corrected chi connectivity index (χ2v) is 7.67. The molecule has 0 aliphatic carbocycles. The van der Waals surface area contributed by atoms with Crippen LogP contribution in [0.15, 0.2) is 48.5 Å². The van der Waals surface area contributed by atoms with E-state index in [9.17, 15) is 9.59 Å². The van der Waals surface area contributed by atoms with Crippen LogP contribution in [-0.2, 0) is 9.53 Å². The fourth-order valence-electron chi connectivity index (χ4n) is 3.51. The standard InChI is InChI=1S/C24H30N2O3/c1-18-8-9-21(16-19(18)2)23(27)10-11-24(28)25-22(20-6-4-3-5-7-20)17-26-12-14-29-15-13-26/h3-9,16,22H,10-15,17H2,1-2H3,(H,25,28)/t22-/m1/s1. The van der Waals surface area contributed by atoms with Crippen LogP contribution >= 0.6 is 0 Å². The second-order valence-electron chi connectivity index (χ2n) is 7.67. The van der Waals surface area contributed by atoms with Gasteiger partial charge in [-0.25, -0.2) is 0 Å². The molecule has 0 saturated carbocycles. The van der Waals surface area contributed by atoms with E-state index in [2.05, 4.69) is 10.2 Å². The summed E-state index contributed by atoms with van der Waals surface area (Å²) in [5, 5.41) is 3.13. The number of nitrogens with one attached hydrogen (secondary N) is 1. The highest BCUT2D eigenvalue weighted by Gasteiger charge is 2.20. The third-order valence-electron chi connectivity index (χ3n) is 5.49. The van der Waals surface area contributed by atoms with E-state index in [1.807, 2.05) is 62.4 Å². The van der Waals surface area contributed by atoms with Crippen LogP contribution in [0, 0.1) is 13.8 Å². The Balaban J connectivity index is 1.58. The highest BCUT2D eigenvalue weighted by atomic mass is 16.5. The topological polar surface area (TPSA) is 58.6 Å². The number of ketones is 1. The molecule has 0 unspecified atom stereocenters. The van der Waals surface area contributed by atoms with Gasteiger partial charge in [-0.1, -0.05) is 42.5 Å². The quantitative estimate of drug-likeness (QED) is 0.697. The number of benzene rings is 2. The third-order valence-corrected chi connectivity index (χ3v) is 5.49. The van der Waals surface area contributed by atoms with Crippen LogP contribution in [-0.4, -0.2) is 49.4 Å². The fraction of sp³-hybridized carbons (Fsp3) is 0.417. The van der Waals surface area contributed by atoms with Gasteiger partial charge in [0.1, 0.15) is 0 Å². The van der Waals surface area contributed by atoms with E-state index in [4.69, 9.17) is 4.74 Å². The number of carbonyl (C=O) groups is 2. The zero-order valence-electron chi connectivity index (χ0n) is 17.3. The summed E-state index contributed by atoms with van der Waals surface area (Å²) >= 11 is 0. The van der Waals surface area contributed by atoms with Crippen LogP contribution < -0.4 is 5.32 Å². The van der Waals surface area contributed by atoms with E-state index in [1.165, 1.54) is 0 Å². The molecule has 5 nitrogen and oxygen atoms in total. The Labute approximate surface area is 173 Å². The number of rotatable bonds is 8. The Morgan fingerprint density at radius 1 is 1.00 bits per heavy atom. The normalized spacial score (nSPS) is 15.7. The molecular formula is C24H30N2O3. The number of hydrogen-bond donors (Lipinski definition) is 1. The number of nitrogens with zero attached hydrogens (tertiary/aromatic N) is 1. The second kappa shape index (κ2) is 10.3. The highest BCUT2D eigenvalue weighted by Crippen LogP contribution is 2.17. The van der Waals surface area contributed by atoms with E-state index >= 15 is 0 Å². The molecule has 29 heavy (non-hydrogen) atoms. The first kappa shape index (κ1) is 21.2. The molecule has 0 radical (unpaired) electrons. The molecule has 1 atom stereocenters. The van der Waals surface area contributed by atoms with Crippen molar-refractivity contribution in [2.24, 2.45) is 0 Å². The van der Waals surface area contributed by atoms with Gasteiger partial charge in [0, 0.05) is 38.0 Å². The summed E-state index contributed by atoms with van der Waals surface area (Å²) in [6.45, 7) is 7.93. The predicted molar refractivity (Wildman–Crippen MR) is 114 cm³/mol. The molecule has 0 spiro atoms. The van der Waals surface area contributed by atoms with Crippen molar-refractivity contribution in [1.29, 1.82) is 0 Å². The lowest BCUT2D eigenvalue weighted by Crippen LogP contribution is -2.43. The molecule has 5 heteroatoms. The van der Waals surface area contributed by atoms with Crippen molar-refractivity contribution in [2.75, 3.05) is 32.8 Å². The first-order valence-corrected chi connectivity index (χ1v) is 10.3. The average Bonchev–Trinajstić information content (AvgIpc) is 2.75. The Morgan fingerprint density at radius 2 is 1.72 bits per heavy atom. The van der Waals surface area contributed by atoms with Crippen molar-refractivity contribution in [1.82, 2.24) is 10.2 Å². The maximum absolute atomic E-state index is 12.6. The maximum atomic E-state index is 12.6. The summed E-state index contributed by atoms with van der Waals surface area (Å²) in [5.74, 6) is -0.0861. The number of ether oxygens (including phenoxy) is 1. The monoisotopic (exact) mass is 394 g/mol. The zero-order valence-corrected chi connectivity index (χ0v) is 17.3. The minimum absolute atomic E-state index is 0.00712. The molecule has 2 aromatic rings. The highest BCUT2D eigenvalue weighted by molar-refractivity contribution is 5.98. The number of carbonyl (C=O) groups excluding carboxylic acids is 2. The van der Waals surface area contributed by atoms with Gasteiger partial charge in [-0.15, -0.1) is 0 Å². The summed E-state index contributed by atoms with van der Waals surface area (Å²) in [5.41, 5.74) is 4.00. The van der Waals surface area contributed by atoms with Gasteiger partial charge in [-0.3, -0.25) is 14.5 Å². The molecule has 1 N–H and O–H groups in total. The van der Waals surface area contributed by atoms with Crippen LogP contribution in [0.25, 0.3) is 0 Å². The first-order chi connectivity index (χ1) is 14.0. The lowest BCUT2D eigenvalue weighted by molar-refractivity contribution is -0.122. The molecular weight excluding hydrogens is 364 g/mol. The van der Waals surface area contributed by atoms with Gasteiger partial charge < -0.3 is 10.1 Å². The van der Waals surface area contributed by atoms with Gasteiger partial charge in [0.2, 0.25) is 5.91 Å². The minimum atomic E-state index is -0.0986. The van der Waals surface area contributed by atoms with Crippen molar-refractivity contribution in [3.05, 3.63) is 70.8 Å². The van der Waals surface area contributed by atoms with Crippen molar-refractivity contribution >= 4 is 11.7 Å². The SMILES string of the molecule is Cc1ccc(C(=O)CCC(=O)N[C@H](CN2CCOCC2)c2ccccc2)cc1C. The van der Waals surface area contributed by atoms with Crippen LogP contribution in [0.4, 0.5) is 0 Å². The summed E-state index contributed by atoms with van der Waals surface area (Å²) in [7, 11) is 0. The predicted octanol–water partition coefficient (Wildman–Crippen LogP) is 3.46. The van der Waals surface area contributed by atoms with Gasteiger partial charge in [0.25, 0.3) is 0 Å². The average molecular weight is 395 g/mol. The van der Waals surface area contributed by atoms with Crippen molar-refractivity contribution in [2.45, 2.75) is 32.7 Å². The Hall–Kier alpha value is -2.50. The van der Waals surface area contributed by atoms with Crippen LogP contribution in [0.1, 0.15) is 45.9 Å². The Bertz CT molecular complexity index is 829. The summed E-state index contributed by atoms with van der Waals surface area (Å²) < 4.78 is 5.42. The van der Waals surface area contributed by atoms with Crippen molar-refractivity contribution < 1.29 is 14.3 Å². The number of amides is 1. The molecule has 2 aromatic carbocycles. The third kappa shape index (κ3) is 6.24. The lowest BCUT2D eigenvalue weighted by atomic mass is 10.0. The molecule has 0 aromatic heterocycles. The van der Waals surface area contributed by atoms with Crippen molar-refractivity contribution in [3.63, 3.8) is 0 Å². The summed E-state index contributed by atoms with van der Waals surface area (Å²) in [4.78, 5) is 27.4. The zero-order chi connectivity index (χ0) is 20.6. The van der Waals surface area contributed by atoms with Gasteiger partial charge in [0.05, 0.1) is 19.3 Å². The molecule has 1 heterocycles. The molecule has 1 saturated heterocycles. The molecule has 154 valence electrons. The minimum Gasteiger partial charge on any atom is -0.379 e. The molecule has 1 fully saturated rings. The number of morpholine rings is 1. The van der Waals surface area contributed by atoms with E-state index in [0.717, 1.165) is 49.5 Å². The number of hydrogen-bond acceptors (Lipinski definition) is 4. The van der Waals surface area contributed by atoms with Gasteiger partial charge in [-0.05, 0) is 36.6 Å². The Kier molecular flexibility index (Phi) is 7.55. The summed E-state index contributed by atoms with van der Waals surface area (Å²) in [6, 6.07) is 15.6. The number of aryl methyl sites for hydroxylation is 2. The number of Topliss-reactive ketones (excluding diaryl/α,β-unsaturated/α-hetero) is 1. The molecule has 3 rings (SSSR count). The fourth-order valence-corrected chi connectivity index (χ4v) is 3.51. The van der Waals surface area contributed by atoms with Gasteiger partial charge in [-0.2, -0.15) is 0 Å². The molecule has 1 aliphatic heterocycles. The van der Waals surface area contributed by atoms with E-state index in [0.29, 0.717) is 5.56 Å². The molecule has 1 aliphatic rings. The smallest absolute Gasteiger partial charge is 0.220 e. The first-order valence-electron chi connectivity index (χ1n) is 10.3. The maximum Gasteiger partial charge on any atom is 0.220 e. The largest absolute Gasteiger partial charge is 0.379 e. The van der Waals surface area contributed by atoms with E-state index in [1.54, 1.807) is 0 Å². The molecule has 1 amide bonds. The van der Waals surface area contributed by atoms with Crippen LogP contribution in [0.2, 0.25) is 0 Å². The van der Waals surface area contributed by atoms with Crippen LogP contribution in [0.3, 0.4) is 0 Å². The molecule has 0 bridgehead atoms. The lowest BCUT2D eigenvalue weighted by Gasteiger charge is -2.31. The van der Waals surface area contributed by atoms with Gasteiger partial charge in [0.15, 0.2) is 5.78 Å². The van der Waals surface area contributed by atoms with E-state index < -0.39 is 0 Å². The summed E-state index contributed by atoms with van der Waals surface area (Å²) in [6.07, 6.45) is 0.408. The van der Waals surface area contributed by atoms with Crippen LogP contribution in [0.5, 0.6) is 0 Å².